The van der Waals surface area contributed by atoms with Gasteiger partial charge in [-0.25, -0.2) is 0 Å². The summed E-state index contributed by atoms with van der Waals surface area (Å²) in [6.07, 6.45) is 0. The number of rotatable bonds is 0. The lowest BCUT2D eigenvalue weighted by atomic mass is 12.6. The molecule has 36 valence electrons. The highest BCUT2D eigenvalue weighted by Gasteiger charge is 1.19. The van der Waals surface area contributed by atoms with Crippen molar-refractivity contribution in [2.45, 2.75) is 0 Å². The second kappa shape index (κ2) is 25.0. The summed E-state index contributed by atoms with van der Waals surface area (Å²) in [6, 6.07) is 0. The van der Waals surface area contributed by atoms with Gasteiger partial charge >= 0.3 is 0 Å². The predicted octanol–water partition coefficient (Wildman–Crippen LogP) is -0.833. The van der Waals surface area contributed by atoms with Crippen LogP contribution in [0.1, 0.15) is 0 Å². The molecule has 0 bridgehead atoms. The Morgan fingerprint density at radius 2 is 1.00 bits per heavy atom. The summed E-state index contributed by atoms with van der Waals surface area (Å²) < 4.78 is 0. The average molecular weight is 120 g/mol. The Balaban J connectivity index is -0.0000000200. The molecule has 0 rings (SSSR count). The molecule has 5 heteroatoms. The molecule has 0 heterocycles. The van der Waals surface area contributed by atoms with Gasteiger partial charge in [-0.3, -0.25) is 11.7 Å². The maximum Gasteiger partial charge on any atom is -0.147 e. The summed E-state index contributed by atoms with van der Waals surface area (Å²) in [5, 5.41) is 0. The number of nitrogens with two attached hydrogens (primary N) is 2. The van der Waals surface area contributed by atoms with Crippen LogP contribution in [0.5, 0.6) is 0 Å². The molecule has 0 amide bonds. The van der Waals surface area contributed by atoms with E-state index in [0.717, 1.165) is 0 Å². The van der Waals surface area contributed by atoms with Crippen LogP contribution in [0.4, 0.5) is 0 Å². The standard InChI is InChI=1S/2ClH.H5N3/c;;1-3-2/h2*1H;3H,1-2H2. The predicted molar refractivity (Wildman–Crippen MR) is 26.0 cm³/mol. The van der Waals surface area contributed by atoms with E-state index in [1.807, 2.05) is 0 Å². The Hall–Kier alpha value is 0.460. The van der Waals surface area contributed by atoms with Crippen LogP contribution in [-0.4, -0.2) is 0 Å². The van der Waals surface area contributed by atoms with Crippen LogP contribution >= 0.6 is 24.8 Å². The first-order valence-corrected chi connectivity index (χ1v) is 0.577. The van der Waals surface area contributed by atoms with Crippen LogP contribution in [-0.2, 0) is 0 Å². The summed E-state index contributed by atoms with van der Waals surface area (Å²) in [4.78, 5) is 0. The third kappa shape index (κ3) is 128. The van der Waals surface area contributed by atoms with Gasteiger partial charge in [0, 0.05) is 0 Å². The largest absolute Gasteiger partial charge is 0.258 e. The average Bonchev–Trinajstić information content (AvgIpc) is 0.918. The van der Waals surface area contributed by atoms with E-state index < -0.39 is 0 Å². The van der Waals surface area contributed by atoms with Gasteiger partial charge in [0.25, 0.3) is 0 Å². The van der Waals surface area contributed by atoms with Crippen LogP contribution in [0.25, 0.3) is 0 Å². The second-order valence-electron chi connectivity index (χ2n) is 0.167. The molecule has 0 unspecified atom stereocenters. The molecule has 0 aromatic carbocycles. The highest BCUT2D eigenvalue weighted by Crippen LogP contribution is 0.691. The van der Waals surface area contributed by atoms with Crippen molar-refractivity contribution in [1.29, 1.82) is 0 Å². The number of hydrazine groups is 2. The molecule has 0 atom stereocenters. The van der Waals surface area contributed by atoms with Gasteiger partial charge in [0.2, 0.25) is 0 Å². The van der Waals surface area contributed by atoms with Crippen LogP contribution in [0, 0.1) is 0 Å². The molecular formula is H7Cl2N3. The van der Waals surface area contributed by atoms with Crippen molar-refractivity contribution in [1.82, 2.24) is 5.53 Å². The molecule has 0 aliphatic rings. The molecule has 0 aromatic heterocycles. The van der Waals surface area contributed by atoms with Crippen molar-refractivity contribution < 1.29 is 0 Å². The van der Waals surface area contributed by atoms with Crippen LogP contribution in [0.3, 0.4) is 0 Å². The molecule has 0 saturated heterocycles. The van der Waals surface area contributed by atoms with E-state index in [1.54, 1.807) is 5.53 Å². The van der Waals surface area contributed by atoms with Crippen molar-refractivity contribution in [3.8, 4) is 0 Å². The molecule has 3 nitrogen and oxygen atoms in total. The lowest BCUT2D eigenvalue weighted by molar-refractivity contribution is 0.803. The quantitative estimate of drug-likeness (QED) is 0.288. The van der Waals surface area contributed by atoms with Crippen molar-refractivity contribution in [3.05, 3.63) is 0 Å². The number of halogens is 2. The highest BCUT2D eigenvalue weighted by atomic mass is 35.5. The molecule has 0 aromatic rings. The Morgan fingerprint density at radius 1 is 1.00 bits per heavy atom. The van der Waals surface area contributed by atoms with Gasteiger partial charge in [-0.1, -0.05) is 0 Å². The number of hydrogen-bond acceptors (Lipinski definition) is 3. The molecule has 0 aliphatic carbocycles. The van der Waals surface area contributed by atoms with Gasteiger partial charge in [0.15, 0.2) is 0 Å². The lowest BCUT2D eigenvalue weighted by Crippen LogP contribution is -2.29. The first-order valence-electron chi connectivity index (χ1n) is 0.577. The summed E-state index contributed by atoms with van der Waals surface area (Å²) in [7, 11) is 0. The Kier molecular flexibility index (Phi) is 89.9. The lowest BCUT2D eigenvalue weighted by Gasteiger charge is -1.64. The Labute approximate surface area is 42.9 Å². The summed E-state index contributed by atoms with van der Waals surface area (Å²) in [5.74, 6) is 8.75. The molecule has 0 aliphatic heterocycles. The fourth-order valence-corrected chi connectivity index (χ4v) is 0. The maximum absolute atomic E-state index is 4.38. The van der Waals surface area contributed by atoms with Crippen LogP contribution in [0.2, 0.25) is 0 Å². The van der Waals surface area contributed by atoms with E-state index >= 15 is 0 Å². The summed E-state index contributed by atoms with van der Waals surface area (Å²) in [6.45, 7) is 0. The van der Waals surface area contributed by atoms with Crippen molar-refractivity contribution in [2.24, 2.45) is 11.7 Å². The smallest absolute Gasteiger partial charge is 0.147 e. The fraction of sp³-hybridized carbons (Fsp3) is 0. The van der Waals surface area contributed by atoms with E-state index in [-0.39, 0.29) is 24.8 Å². The van der Waals surface area contributed by atoms with E-state index in [0.29, 0.717) is 0 Å². The zero-order chi connectivity index (χ0) is 2.71. The van der Waals surface area contributed by atoms with Crippen molar-refractivity contribution in [3.63, 3.8) is 0 Å². The second-order valence-corrected chi connectivity index (χ2v) is 0.167. The first-order chi connectivity index (χ1) is 1.41. The molecule has 0 saturated carbocycles. The van der Waals surface area contributed by atoms with Crippen molar-refractivity contribution >= 4 is 24.8 Å². The van der Waals surface area contributed by atoms with Crippen molar-refractivity contribution in [2.75, 3.05) is 0 Å². The number of hydrogen-bond donors (Lipinski definition) is 3. The van der Waals surface area contributed by atoms with Gasteiger partial charge in [-0.2, -0.15) is 5.53 Å². The third-order valence-electron chi connectivity index (χ3n) is 0. The fourth-order valence-electron chi connectivity index (χ4n) is 0. The molecule has 0 fully saturated rings. The third-order valence-corrected chi connectivity index (χ3v) is 0. The van der Waals surface area contributed by atoms with Gasteiger partial charge < -0.3 is 0 Å². The topological polar surface area (TPSA) is 64.1 Å². The highest BCUT2D eigenvalue weighted by molar-refractivity contribution is 5.85. The zero-order valence-electron chi connectivity index (χ0n) is 2.47. The SMILES string of the molecule is Cl.Cl.NNN. The normalized spacial score (nSPS) is 3.60. The molecule has 0 radical (unpaired) electrons. The molecule has 5 heavy (non-hydrogen) atoms. The molecular weight excluding hydrogens is 113 g/mol. The minimum Gasteiger partial charge on any atom is -0.258 e. The Morgan fingerprint density at radius 3 is 1.00 bits per heavy atom. The van der Waals surface area contributed by atoms with E-state index in [9.17, 15) is 0 Å². The van der Waals surface area contributed by atoms with E-state index in [1.165, 1.54) is 0 Å². The number of nitrogens with one attached hydrogen (secondary N) is 1. The van der Waals surface area contributed by atoms with E-state index in [4.69, 9.17) is 0 Å². The minimum absolute atomic E-state index is 0. The minimum atomic E-state index is 0. The van der Waals surface area contributed by atoms with Gasteiger partial charge in [0.1, 0.15) is 0 Å². The molecule has 0 spiro atoms. The summed E-state index contributed by atoms with van der Waals surface area (Å²) in [5.41, 5.74) is 1.75. The van der Waals surface area contributed by atoms with E-state index in [2.05, 4.69) is 11.7 Å². The van der Waals surface area contributed by atoms with Crippen LogP contribution in [0.15, 0.2) is 0 Å². The Bertz CT molecular complexity index is 4.85. The zero-order valence-corrected chi connectivity index (χ0v) is 4.10. The first kappa shape index (κ1) is 17.9. The molecule has 5 N–H and O–H groups in total. The summed E-state index contributed by atoms with van der Waals surface area (Å²) >= 11 is 0. The monoisotopic (exact) mass is 119 g/mol. The van der Waals surface area contributed by atoms with Gasteiger partial charge in [0.05, 0.1) is 0 Å². The van der Waals surface area contributed by atoms with Crippen LogP contribution < -0.4 is 17.2 Å². The van der Waals surface area contributed by atoms with Gasteiger partial charge in [-0.15, -0.1) is 24.8 Å². The maximum atomic E-state index is 4.38. The van der Waals surface area contributed by atoms with Gasteiger partial charge in [-0.05, 0) is 0 Å².